The van der Waals surface area contributed by atoms with E-state index in [4.69, 9.17) is 16.7 Å². The van der Waals surface area contributed by atoms with Crippen molar-refractivity contribution in [2.45, 2.75) is 0 Å². The van der Waals surface area contributed by atoms with E-state index in [1.54, 1.807) is 36.0 Å². The number of benzene rings is 1. The van der Waals surface area contributed by atoms with Crippen LogP contribution in [-0.2, 0) is 7.05 Å². The number of aromatic nitrogens is 1. The topological polar surface area (TPSA) is 42.2 Å². The van der Waals surface area contributed by atoms with Gasteiger partial charge >= 0.3 is 5.97 Å². The van der Waals surface area contributed by atoms with E-state index in [2.05, 4.69) is 0 Å². The lowest BCUT2D eigenvalue weighted by atomic mass is 10.2. The molecule has 14 heavy (non-hydrogen) atoms. The molecule has 4 heteroatoms. The molecule has 3 nitrogen and oxygen atoms in total. The van der Waals surface area contributed by atoms with Crippen LogP contribution in [0.1, 0.15) is 10.4 Å². The zero-order valence-corrected chi connectivity index (χ0v) is 8.25. The van der Waals surface area contributed by atoms with Crippen LogP contribution in [0.2, 0.25) is 5.02 Å². The van der Waals surface area contributed by atoms with Gasteiger partial charge in [0.2, 0.25) is 0 Å². The molecule has 2 aromatic rings. The second-order valence-electron chi connectivity index (χ2n) is 3.12. The molecule has 0 amide bonds. The fraction of sp³-hybridized carbons (Fsp3) is 0.100. The molecule has 1 N–H and O–H groups in total. The number of carboxylic acids is 1. The first-order valence-corrected chi connectivity index (χ1v) is 4.45. The lowest BCUT2D eigenvalue weighted by molar-refractivity contribution is 0.0699. The zero-order valence-electron chi connectivity index (χ0n) is 7.49. The summed E-state index contributed by atoms with van der Waals surface area (Å²) < 4.78 is 1.75. The first-order valence-electron chi connectivity index (χ1n) is 4.07. The third kappa shape index (κ3) is 1.26. The number of hydrogen-bond acceptors (Lipinski definition) is 1. The van der Waals surface area contributed by atoms with Crippen LogP contribution in [-0.4, -0.2) is 15.6 Å². The lowest BCUT2D eigenvalue weighted by Gasteiger charge is -1.95. The van der Waals surface area contributed by atoms with Crippen molar-refractivity contribution in [3.8, 4) is 0 Å². The number of carbonyl (C=O) groups is 1. The highest BCUT2D eigenvalue weighted by atomic mass is 35.5. The summed E-state index contributed by atoms with van der Waals surface area (Å²) in [5.74, 6) is -0.919. The summed E-state index contributed by atoms with van der Waals surface area (Å²) in [6.07, 6.45) is 1.59. The molecule has 2 rings (SSSR count). The molecule has 0 unspecified atom stereocenters. The number of aromatic carboxylic acids is 1. The second-order valence-corrected chi connectivity index (χ2v) is 3.56. The van der Waals surface area contributed by atoms with E-state index in [-0.39, 0.29) is 0 Å². The molecular weight excluding hydrogens is 202 g/mol. The predicted octanol–water partition coefficient (Wildman–Crippen LogP) is 2.53. The molecule has 1 aromatic carbocycles. The average molecular weight is 210 g/mol. The van der Waals surface area contributed by atoms with Gasteiger partial charge in [-0.3, -0.25) is 0 Å². The van der Waals surface area contributed by atoms with Crippen molar-refractivity contribution in [2.24, 2.45) is 7.05 Å². The van der Waals surface area contributed by atoms with Crippen molar-refractivity contribution >= 4 is 28.5 Å². The van der Waals surface area contributed by atoms with Crippen LogP contribution >= 0.6 is 11.6 Å². The zero-order chi connectivity index (χ0) is 10.3. The molecule has 0 fully saturated rings. The summed E-state index contributed by atoms with van der Waals surface area (Å²) in [5.41, 5.74) is 1.13. The first kappa shape index (κ1) is 9.09. The van der Waals surface area contributed by atoms with Crippen LogP contribution in [0.4, 0.5) is 0 Å². The molecule has 0 radical (unpaired) electrons. The van der Waals surface area contributed by atoms with E-state index >= 15 is 0 Å². The van der Waals surface area contributed by atoms with Crippen molar-refractivity contribution in [1.29, 1.82) is 0 Å². The molecule has 0 aliphatic heterocycles. The Hall–Kier alpha value is -1.48. The Bertz CT molecular complexity index is 516. The number of nitrogens with zero attached hydrogens (tertiary/aromatic N) is 1. The van der Waals surface area contributed by atoms with Gasteiger partial charge < -0.3 is 9.67 Å². The molecule has 0 spiro atoms. The minimum atomic E-state index is -0.919. The van der Waals surface area contributed by atoms with Gasteiger partial charge in [-0.15, -0.1) is 0 Å². The maximum Gasteiger partial charge on any atom is 0.337 e. The van der Waals surface area contributed by atoms with E-state index in [9.17, 15) is 4.79 Å². The van der Waals surface area contributed by atoms with Gasteiger partial charge in [-0.1, -0.05) is 17.7 Å². The predicted molar refractivity (Wildman–Crippen MR) is 54.9 cm³/mol. The highest BCUT2D eigenvalue weighted by molar-refractivity contribution is 6.31. The molecule has 0 saturated heterocycles. The summed E-state index contributed by atoms with van der Waals surface area (Å²) in [7, 11) is 1.80. The quantitative estimate of drug-likeness (QED) is 0.784. The Balaban J connectivity index is 2.84. The van der Waals surface area contributed by atoms with Gasteiger partial charge in [-0.05, 0) is 12.1 Å². The second kappa shape index (κ2) is 3.03. The van der Waals surface area contributed by atoms with Crippen molar-refractivity contribution < 1.29 is 9.90 Å². The summed E-state index contributed by atoms with van der Waals surface area (Å²) in [5, 5.41) is 10.2. The van der Waals surface area contributed by atoms with Crippen molar-refractivity contribution in [3.63, 3.8) is 0 Å². The molecule has 1 aromatic heterocycles. The van der Waals surface area contributed by atoms with Gasteiger partial charge in [0.25, 0.3) is 0 Å². The van der Waals surface area contributed by atoms with E-state index < -0.39 is 5.97 Å². The summed E-state index contributed by atoms with van der Waals surface area (Å²) >= 11 is 5.82. The lowest BCUT2D eigenvalue weighted by Crippen LogP contribution is -1.93. The minimum Gasteiger partial charge on any atom is -0.478 e. The third-order valence-corrected chi connectivity index (χ3v) is 2.42. The minimum absolute atomic E-state index is 0.305. The van der Waals surface area contributed by atoms with Crippen LogP contribution in [0, 0.1) is 0 Å². The van der Waals surface area contributed by atoms with Gasteiger partial charge in [0.05, 0.1) is 11.1 Å². The molecule has 72 valence electrons. The first-order chi connectivity index (χ1) is 6.59. The van der Waals surface area contributed by atoms with Crippen molar-refractivity contribution in [1.82, 2.24) is 4.57 Å². The molecule has 0 saturated carbocycles. The van der Waals surface area contributed by atoms with Crippen LogP contribution in [0.5, 0.6) is 0 Å². The molecule has 0 aliphatic carbocycles. The Labute approximate surface area is 85.5 Å². The highest BCUT2D eigenvalue weighted by Crippen LogP contribution is 2.23. The normalized spacial score (nSPS) is 10.7. The SMILES string of the molecule is Cn1cc(C(=O)O)c2ccc(Cl)cc21. The van der Waals surface area contributed by atoms with Gasteiger partial charge in [0.15, 0.2) is 0 Å². The number of rotatable bonds is 1. The number of carboxylic acid groups (broad SMARTS) is 1. The number of hydrogen-bond donors (Lipinski definition) is 1. The monoisotopic (exact) mass is 209 g/mol. The standard InChI is InChI=1S/C10H8ClNO2/c1-12-5-8(10(13)14)7-3-2-6(11)4-9(7)12/h2-5H,1H3,(H,13,14). The number of fused-ring (bicyclic) bond motifs is 1. The van der Waals surface area contributed by atoms with Crippen LogP contribution in [0.15, 0.2) is 24.4 Å². The van der Waals surface area contributed by atoms with E-state index in [0.717, 1.165) is 5.52 Å². The van der Waals surface area contributed by atoms with Gasteiger partial charge in [0, 0.05) is 23.7 Å². The van der Waals surface area contributed by atoms with Crippen molar-refractivity contribution in [2.75, 3.05) is 0 Å². The largest absolute Gasteiger partial charge is 0.478 e. The maximum absolute atomic E-state index is 10.9. The molecular formula is C10H8ClNO2. The Morgan fingerprint density at radius 3 is 2.86 bits per heavy atom. The summed E-state index contributed by atoms with van der Waals surface area (Å²) in [4.78, 5) is 10.9. The summed E-state index contributed by atoms with van der Waals surface area (Å²) in [6.45, 7) is 0. The van der Waals surface area contributed by atoms with Gasteiger partial charge in [-0.25, -0.2) is 4.79 Å². The average Bonchev–Trinajstić information content (AvgIpc) is 2.44. The fourth-order valence-electron chi connectivity index (χ4n) is 1.53. The van der Waals surface area contributed by atoms with E-state index in [0.29, 0.717) is 16.0 Å². The van der Waals surface area contributed by atoms with E-state index in [1.165, 1.54) is 0 Å². The van der Waals surface area contributed by atoms with Crippen LogP contribution in [0.25, 0.3) is 10.9 Å². The maximum atomic E-state index is 10.9. The molecule has 0 atom stereocenters. The Morgan fingerprint density at radius 2 is 2.21 bits per heavy atom. The number of aryl methyl sites for hydroxylation is 1. The Morgan fingerprint density at radius 1 is 1.50 bits per heavy atom. The Kier molecular flexibility index (Phi) is 1.97. The van der Waals surface area contributed by atoms with Crippen LogP contribution < -0.4 is 0 Å². The highest BCUT2D eigenvalue weighted by Gasteiger charge is 2.12. The number of halogens is 1. The van der Waals surface area contributed by atoms with Gasteiger partial charge in [0.1, 0.15) is 0 Å². The van der Waals surface area contributed by atoms with Crippen molar-refractivity contribution in [3.05, 3.63) is 35.0 Å². The van der Waals surface area contributed by atoms with Crippen LogP contribution in [0.3, 0.4) is 0 Å². The fourth-order valence-corrected chi connectivity index (χ4v) is 1.69. The molecule has 0 aliphatic rings. The third-order valence-electron chi connectivity index (χ3n) is 2.18. The molecule has 1 heterocycles. The molecule has 0 bridgehead atoms. The smallest absolute Gasteiger partial charge is 0.337 e. The van der Waals surface area contributed by atoms with Gasteiger partial charge in [-0.2, -0.15) is 0 Å². The summed E-state index contributed by atoms with van der Waals surface area (Å²) in [6, 6.07) is 5.17. The van der Waals surface area contributed by atoms with E-state index in [1.807, 2.05) is 0 Å².